The number of aliphatic hydroxyl groups is 4. The predicted octanol–water partition coefficient (Wildman–Crippen LogP) is -2.08. The molecule has 0 amide bonds. The summed E-state index contributed by atoms with van der Waals surface area (Å²) in [6.07, 6.45) is -2.30. The van der Waals surface area contributed by atoms with E-state index in [0.717, 1.165) is 6.42 Å². The zero-order chi connectivity index (χ0) is 21.5. The average molecular weight is 434 g/mol. The van der Waals surface area contributed by atoms with Gasteiger partial charge in [0, 0.05) is 6.61 Å². The molecule has 4 unspecified atom stereocenters. The number of fused-ring (bicyclic) bond motifs is 1. The molecule has 0 saturated carbocycles. The van der Waals surface area contributed by atoms with Crippen molar-refractivity contribution in [1.29, 1.82) is 0 Å². The summed E-state index contributed by atoms with van der Waals surface area (Å²) in [5.41, 5.74) is 1.27. The zero-order valence-corrected chi connectivity index (χ0v) is 16.3. The Bertz CT molecular complexity index is 1070. The summed E-state index contributed by atoms with van der Waals surface area (Å²) in [5, 5.41) is 53.2. The third-order valence-corrected chi connectivity index (χ3v) is 5.46. The Hall–Kier alpha value is -2.75. The Morgan fingerprint density at radius 3 is 2.77 bits per heavy atom. The molecule has 5 heterocycles. The summed E-state index contributed by atoms with van der Waals surface area (Å²) in [5.74, 6) is 0.605. The average Bonchev–Trinajstić information content (AvgIpc) is 3.56. The molecule has 3 aromatic heterocycles. The van der Waals surface area contributed by atoms with Crippen LogP contribution in [0.1, 0.15) is 18.3 Å². The smallest absolute Gasteiger partial charge is 0.186 e. The number of nitrogens with zero attached hydrogens (tertiary/aromatic N) is 6. The molecule has 0 aliphatic carbocycles. The van der Waals surface area contributed by atoms with Gasteiger partial charge in [-0.05, 0) is 6.42 Å². The lowest BCUT2D eigenvalue weighted by atomic mass is 10.1. The van der Waals surface area contributed by atoms with E-state index in [2.05, 4.69) is 35.7 Å². The number of nitrogens with one attached hydrogen (secondary N) is 2. The topological polar surface area (TPSA) is 197 Å². The van der Waals surface area contributed by atoms with Crippen molar-refractivity contribution in [3.63, 3.8) is 0 Å². The molecule has 0 radical (unpaired) electrons. The molecule has 5 atom stereocenters. The number of H-pyrrole nitrogens is 1. The van der Waals surface area contributed by atoms with E-state index in [1.165, 1.54) is 10.9 Å². The second-order valence-electron chi connectivity index (χ2n) is 7.43. The van der Waals surface area contributed by atoms with Crippen LogP contribution in [0.3, 0.4) is 0 Å². The highest BCUT2D eigenvalue weighted by Gasteiger charge is 2.44. The number of aromatic nitrogens is 7. The molecule has 0 bridgehead atoms. The summed E-state index contributed by atoms with van der Waals surface area (Å²) in [6, 6.07) is 0.0274. The molecule has 2 saturated heterocycles. The standard InChI is InChI=1S/C17H22N8O6/c26-3-8-10(23-24-22-8)14-20-15(19-7-1-2-30-5-7)11-16(21-14)25(6-18-11)17-13(29)12(28)9(4-27)31-17/h6-7,9,12-13,17,26-29H,1-5H2,(H,19,20,21)(H,22,23,24)/t7-,9?,12?,13?,17?/m1/s1. The van der Waals surface area contributed by atoms with E-state index in [1.54, 1.807) is 0 Å². The first-order chi connectivity index (χ1) is 15.1. The Balaban J connectivity index is 1.62. The van der Waals surface area contributed by atoms with Crippen LogP contribution in [0.25, 0.3) is 22.7 Å². The van der Waals surface area contributed by atoms with Crippen molar-refractivity contribution in [3.05, 3.63) is 12.0 Å². The largest absolute Gasteiger partial charge is 0.394 e. The van der Waals surface area contributed by atoms with E-state index in [4.69, 9.17) is 9.47 Å². The van der Waals surface area contributed by atoms with E-state index in [0.29, 0.717) is 30.2 Å². The minimum Gasteiger partial charge on any atom is -0.394 e. The molecule has 14 nitrogen and oxygen atoms in total. The molecule has 2 fully saturated rings. The van der Waals surface area contributed by atoms with Crippen molar-refractivity contribution in [2.45, 2.75) is 43.6 Å². The van der Waals surface area contributed by atoms with Crippen molar-refractivity contribution in [2.24, 2.45) is 0 Å². The van der Waals surface area contributed by atoms with Gasteiger partial charge in [-0.15, -0.1) is 0 Å². The normalized spacial score (nSPS) is 28.6. The Morgan fingerprint density at radius 2 is 2.06 bits per heavy atom. The van der Waals surface area contributed by atoms with Crippen LogP contribution in [0.5, 0.6) is 0 Å². The molecule has 2 aliphatic rings. The van der Waals surface area contributed by atoms with Gasteiger partial charge in [0.2, 0.25) is 0 Å². The van der Waals surface area contributed by atoms with Crippen LogP contribution in [0, 0.1) is 0 Å². The maximum absolute atomic E-state index is 10.5. The van der Waals surface area contributed by atoms with Gasteiger partial charge in [-0.1, -0.05) is 0 Å². The SMILES string of the molecule is OCc1n[nH]nc1-c1nc(N[C@@H]2CCOC2)c2ncn(C3OC(CO)C(O)C3O)c2n1. The van der Waals surface area contributed by atoms with E-state index >= 15 is 0 Å². The molecule has 5 rings (SSSR count). The first-order valence-electron chi connectivity index (χ1n) is 9.83. The van der Waals surface area contributed by atoms with Crippen molar-refractivity contribution in [1.82, 2.24) is 34.9 Å². The van der Waals surface area contributed by atoms with Crippen LogP contribution in [0.4, 0.5) is 5.82 Å². The fourth-order valence-electron chi connectivity index (χ4n) is 3.80. The number of anilines is 1. The number of hydrogen-bond donors (Lipinski definition) is 6. The van der Waals surface area contributed by atoms with Crippen LogP contribution in [-0.2, 0) is 16.1 Å². The van der Waals surface area contributed by atoms with Crippen LogP contribution < -0.4 is 5.32 Å². The van der Waals surface area contributed by atoms with Crippen molar-refractivity contribution in [3.8, 4) is 11.5 Å². The third kappa shape index (κ3) is 3.42. The highest BCUT2D eigenvalue weighted by molar-refractivity contribution is 5.85. The van der Waals surface area contributed by atoms with Crippen molar-refractivity contribution in [2.75, 3.05) is 25.1 Å². The second-order valence-corrected chi connectivity index (χ2v) is 7.43. The number of ether oxygens (including phenoxy) is 2. The number of rotatable bonds is 6. The maximum Gasteiger partial charge on any atom is 0.186 e. The van der Waals surface area contributed by atoms with Crippen LogP contribution in [0.2, 0.25) is 0 Å². The van der Waals surface area contributed by atoms with Gasteiger partial charge in [-0.25, -0.2) is 15.0 Å². The number of hydrogen-bond acceptors (Lipinski definition) is 12. The lowest BCUT2D eigenvalue weighted by molar-refractivity contribution is -0.0511. The van der Waals surface area contributed by atoms with E-state index in [1.807, 2.05) is 0 Å². The Labute approximate surface area is 174 Å². The lowest BCUT2D eigenvalue weighted by Gasteiger charge is -2.17. The molecule has 3 aromatic rings. The van der Waals surface area contributed by atoms with Gasteiger partial charge in [-0.3, -0.25) is 4.57 Å². The van der Waals surface area contributed by atoms with E-state index in [-0.39, 0.29) is 29.9 Å². The van der Waals surface area contributed by atoms with Gasteiger partial charge in [0.1, 0.15) is 24.0 Å². The van der Waals surface area contributed by atoms with Gasteiger partial charge in [-0.2, -0.15) is 15.4 Å². The van der Waals surface area contributed by atoms with Gasteiger partial charge in [0.05, 0.1) is 32.2 Å². The summed E-state index contributed by atoms with van der Waals surface area (Å²) in [6.45, 7) is 0.339. The highest BCUT2D eigenvalue weighted by atomic mass is 16.6. The van der Waals surface area contributed by atoms with Crippen LogP contribution in [0.15, 0.2) is 6.33 Å². The molecular weight excluding hydrogens is 412 g/mol. The minimum absolute atomic E-state index is 0.0274. The number of aromatic amines is 1. The molecule has 0 aromatic carbocycles. The Kier molecular flexibility index (Phi) is 5.25. The quantitative estimate of drug-likeness (QED) is 0.248. The molecule has 2 aliphatic heterocycles. The molecule has 0 spiro atoms. The molecule has 31 heavy (non-hydrogen) atoms. The van der Waals surface area contributed by atoms with E-state index in [9.17, 15) is 20.4 Å². The van der Waals surface area contributed by atoms with Gasteiger partial charge >= 0.3 is 0 Å². The van der Waals surface area contributed by atoms with E-state index < -0.39 is 31.1 Å². The predicted molar refractivity (Wildman–Crippen MR) is 102 cm³/mol. The fourth-order valence-corrected chi connectivity index (χ4v) is 3.80. The third-order valence-electron chi connectivity index (χ3n) is 5.46. The molecule has 6 N–H and O–H groups in total. The fraction of sp³-hybridized carbons (Fsp3) is 0.588. The van der Waals surface area contributed by atoms with Gasteiger partial charge in [0.15, 0.2) is 34.7 Å². The van der Waals surface area contributed by atoms with Gasteiger partial charge < -0.3 is 35.2 Å². The molecular formula is C17H22N8O6. The summed E-state index contributed by atoms with van der Waals surface area (Å²) < 4.78 is 12.5. The minimum atomic E-state index is -1.30. The van der Waals surface area contributed by atoms with Crippen molar-refractivity contribution >= 4 is 17.0 Å². The Morgan fingerprint density at radius 1 is 1.19 bits per heavy atom. The second kappa shape index (κ2) is 8.07. The first kappa shape index (κ1) is 20.2. The zero-order valence-electron chi connectivity index (χ0n) is 16.3. The number of imidazole rings is 1. The highest BCUT2D eigenvalue weighted by Crippen LogP contribution is 2.33. The molecule has 166 valence electrons. The van der Waals surface area contributed by atoms with Gasteiger partial charge in [0.25, 0.3) is 0 Å². The molecule has 14 heteroatoms. The van der Waals surface area contributed by atoms with Crippen LogP contribution >= 0.6 is 0 Å². The summed E-state index contributed by atoms with van der Waals surface area (Å²) in [4.78, 5) is 13.5. The van der Waals surface area contributed by atoms with Crippen LogP contribution in [-0.4, -0.2) is 99.5 Å². The lowest BCUT2D eigenvalue weighted by Crippen LogP contribution is -2.33. The summed E-state index contributed by atoms with van der Waals surface area (Å²) >= 11 is 0. The van der Waals surface area contributed by atoms with Crippen molar-refractivity contribution < 1.29 is 29.9 Å². The summed E-state index contributed by atoms with van der Waals surface area (Å²) in [7, 11) is 0. The maximum atomic E-state index is 10.5. The first-order valence-corrected chi connectivity index (χ1v) is 9.83. The monoisotopic (exact) mass is 434 g/mol. The number of aliphatic hydroxyl groups excluding tert-OH is 4.